The van der Waals surface area contributed by atoms with Crippen LogP contribution in [0.4, 0.5) is 13.2 Å². The highest BCUT2D eigenvalue weighted by Crippen LogP contribution is 2.62. The van der Waals surface area contributed by atoms with Crippen molar-refractivity contribution in [2.24, 2.45) is 5.41 Å². The van der Waals surface area contributed by atoms with E-state index in [0.29, 0.717) is 4.88 Å². The zero-order valence-corrected chi connectivity index (χ0v) is 29.2. The Balaban J connectivity index is 1.79. The van der Waals surface area contributed by atoms with Crippen LogP contribution in [0.1, 0.15) is 130 Å². The Morgan fingerprint density at radius 1 is 1.15 bits per heavy atom. The van der Waals surface area contributed by atoms with Gasteiger partial charge < -0.3 is 9.16 Å². The van der Waals surface area contributed by atoms with Crippen molar-refractivity contribution in [3.05, 3.63) is 50.0 Å². The first kappa shape index (κ1) is 30.9. The fourth-order valence-electron chi connectivity index (χ4n) is 6.61. The van der Waals surface area contributed by atoms with E-state index >= 15 is 0 Å². The molecule has 3 heterocycles. The highest BCUT2D eigenvalue weighted by Gasteiger charge is 2.57. The zero-order valence-electron chi connectivity index (χ0n) is 25.2. The van der Waals surface area contributed by atoms with Crippen molar-refractivity contribution >= 4 is 42.2 Å². The highest BCUT2D eigenvalue weighted by atomic mass is 127. The molecular weight excluding hydrogens is 662 g/mol. The number of alkyl halides is 4. The van der Waals surface area contributed by atoms with E-state index < -0.39 is 31.1 Å². The molecule has 0 amide bonds. The molecular formula is C31H43F3INO2SSi. The fourth-order valence-corrected chi connectivity index (χ4v) is 10.0. The quantitative estimate of drug-likeness (QED) is 0.180. The van der Waals surface area contributed by atoms with Gasteiger partial charge in [0.15, 0.2) is 8.32 Å². The van der Waals surface area contributed by atoms with Gasteiger partial charge >= 0.3 is 6.18 Å². The third-order valence-electron chi connectivity index (χ3n) is 9.57. The van der Waals surface area contributed by atoms with Crippen LogP contribution in [-0.4, -0.2) is 17.2 Å². The van der Waals surface area contributed by atoms with Crippen LogP contribution < -0.4 is 0 Å². The molecule has 40 heavy (non-hydrogen) atoms. The molecule has 3 nitrogen and oxygen atoms in total. The van der Waals surface area contributed by atoms with E-state index in [1.807, 2.05) is 0 Å². The van der Waals surface area contributed by atoms with E-state index in [2.05, 4.69) is 84.2 Å². The van der Waals surface area contributed by atoms with Crippen LogP contribution in [0, 0.1) is 5.41 Å². The normalized spacial score (nSPS) is 28.4. The summed E-state index contributed by atoms with van der Waals surface area (Å²) in [4.78, 5) is 5.40. The number of thiophene rings is 1. The van der Waals surface area contributed by atoms with E-state index in [1.54, 1.807) is 6.07 Å². The van der Waals surface area contributed by atoms with E-state index in [1.165, 1.54) is 17.2 Å². The van der Waals surface area contributed by atoms with Crippen LogP contribution in [0.5, 0.6) is 0 Å². The van der Waals surface area contributed by atoms with Crippen LogP contribution in [0.3, 0.4) is 0 Å². The number of fused-ring (bicyclic) bond motifs is 4. The zero-order chi connectivity index (χ0) is 29.6. The monoisotopic (exact) mass is 705 g/mol. The lowest BCUT2D eigenvalue weighted by atomic mass is 9.70. The minimum Gasteiger partial charge on any atom is -0.410 e. The predicted molar refractivity (Wildman–Crippen MR) is 167 cm³/mol. The molecule has 4 unspecified atom stereocenters. The Labute approximate surface area is 256 Å². The molecule has 1 aliphatic heterocycles. The topological polar surface area (TPSA) is 31.4 Å². The Kier molecular flexibility index (Phi) is 7.76. The summed E-state index contributed by atoms with van der Waals surface area (Å²) in [5.41, 5.74) is 4.94. The molecule has 5 rings (SSSR count). The lowest BCUT2D eigenvalue weighted by Gasteiger charge is -2.45. The third kappa shape index (κ3) is 5.15. The summed E-state index contributed by atoms with van der Waals surface area (Å²) >= 11 is 3.35. The Morgan fingerprint density at radius 2 is 1.82 bits per heavy atom. The summed E-state index contributed by atoms with van der Waals surface area (Å²) in [7, 11) is -2.15. The smallest absolute Gasteiger partial charge is 0.410 e. The molecule has 1 fully saturated rings. The van der Waals surface area contributed by atoms with E-state index in [9.17, 15) is 13.2 Å². The van der Waals surface area contributed by atoms with Crippen LogP contribution >= 0.6 is 33.9 Å². The Hall–Kier alpha value is -0.493. The number of nitrogens with zero attached hydrogens (tertiary/aromatic N) is 1. The SMILES string of the molecule is CC(C)c1nc2c(c3c1C(c1ccc(C(F)(F)F)s1)OC31CCCC1I)C(O[Si](C)(C)C(C)(C)C)CC(C)(C)C2. The van der Waals surface area contributed by atoms with Crippen molar-refractivity contribution in [2.75, 3.05) is 0 Å². The number of hydrogen-bond donors (Lipinski definition) is 0. The number of rotatable bonds is 4. The first-order valence-electron chi connectivity index (χ1n) is 14.5. The van der Waals surface area contributed by atoms with Crippen molar-refractivity contribution in [2.45, 2.75) is 133 Å². The van der Waals surface area contributed by atoms with Crippen molar-refractivity contribution < 1.29 is 22.3 Å². The van der Waals surface area contributed by atoms with Gasteiger partial charge in [-0.3, -0.25) is 4.98 Å². The lowest BCUT2D eigenvalue weighted by Crippen LogP contribution is -2.44. The predicted octanol–water partition coefficient (Wildman–Crippen LogP) is 10.6. The van der Waals surface area contributed by atoms with E-state index in [-0.39, 0.29) is 26.4 Å². The first-order chi connectivity index (χ1) is 18.3. The molecule has 1 spiro atoms. The van der Waals surface area contributed by atoms with Crippen LogP contribution in [0.15, 0.2) is 12.1 Å². The van der Waals surface area contributed by atoms with Gasteiger partial charge in [-0.2, -0.15) is 13.2 Å². The van der Waals surface area contributed by atoms with Gasteiger partial charge in [0.1, 0.15) is 16.6 Å². The molecule has 3 aliphatic rings. The maximum absolute atomic E-state index is 13.7. The molecule has 9 heteroatoms. The van der Waals surface area contributed by atoms with Crippen molar-refractivity contribution in [1.29, 1.82) is 0 Å². The van der Waals surface area contributed by atoms with Crippen LogP contribution in [0.25, 0.3) is 0 Å². The van der Waals surface area contributed by atoms with Gasteiger partial charge in [0, 0.05) is 36.9 Å². The molecule has 0 bridgehead atoms. The van der Waals surface area contributed by atoms with Gasteiger partial charge in [-0.1, -0.05) is 71.1 Å². The maximum atomic E-state index is 13.7. The number of aromatic nitrogens is 1. The van der Waals surface area contributed by atoms with Crippen molar-refractivity contribution in [3.8, 4) is 0 Å². The van der Waals surface area contributed by atoms with Gasteiger partial charge in [0.25, 0.3) is 0 Å². The summed E-state index contributed by atoms with van der Waals surface area (Å²) < 4.78 is 55.7. The average Bonchev–Trinajstić information content (AvgIpc) is 3.49. The largest absolute Gasteiger partial charge is 0.425 e. The van der Waals surface area contributed by atoms with E-state index in [4.69, 9.17) is 14.1 Å². The molecule has 0 aromatic carbocycles. The molecule has 0 radical (unpaired) electrons. The molecule has 2 aliphatic carbocycles. The Morgan fingerprint density at radius 3 is 2.35 bits per heavy atom. The number of ether oxygens (including phenoxy) is 1. The van der Waals surface area contributed by atoms with Gasteiger partial charge in [0.2, 0.25) is 0 Å². The summed E-state index contributed by atoms with van der Waals surface area (Å²) in [5, 5.41) is 0.0457. The van der Waals surface area contributed by atoms with E-state index in [0.717, 1.165) is 60.4 Å². The molecule has 222 valence electrons. The van der Waals surface area contributed by atoms with Crippen LogP contribution in [0.2, 0.25) is 18.1 Å². The molecule has 2 aromatic rings. The fraction of sp³-hybridized carbons (Fsp3) is 0.710. The average molecular weight is 706 g/mol. The summed E-state index contributed by atoms with van der Waals surface area (Å²) in [6.07, 6.45) is -0.355. The standard InChI is InChI=1S/C31H43F3INO2SSi/c1-17(2)26-24-25(23-18(36-26)15-29(6,7)16-19(23)38-40(8,9)28(3,4)5)30(14-10-11-21(30)35)37-27(24)20-12-13-22(39-20)31(32,33)34/h12-13,17,19,21,27H,10-11,14-16H2,1-9H3. The summed E-state index contributed by atoms with van der Waals surface area (Å²) in [5.74, 6) is 0.112. The van der Waals surface area contributed by atoms with Gasteiger partial charge in [-0.25, -0.2) is 0 Å². The molecule has 4 atom stereocenters. The summed E-state index contributed by atoms with van der Waals surface area (Å²) in [6.45, 7) is 20.3. The molecule has 1 saturated carbocycles. The molecule has 2 aromatic heterocycles. The Bertz CT molecular complexity index is 1300. The number of hydrogen-bond acceptors (Lipinski definition) is 4. The van der Waals surface area contributed by atoms with Crippen molar-refractivity contribution in [3.63, 3.8) is 0 Å². The first-order valence-corrected chi connectivity index (χ1v) is 19.5. The second-order valence-corrected chi connectivity index (χ2v) is 22.0. The number of pyridine rings is 1. The molecule has 0 N–H and O–H groups in total. The third-order valence-corrected chi connectivity index (χ3v) is 16.9. The van der Waals surface area contributed by atoms with Crippen LogP contribution in [-0.2, 0) is 27.4 Å². The van der Waals surface area contributed by atoms with Gasteiger partial charge in [-0.05, 0) is 73.7 Å². The number of halogens is 4. The highest BCUT2D eigenvalue weighted by molar-refractivity contribution is 14.1. The minimum atomic E-state index is -4.37. The summed E-state index contributed by atoms with van der Waals surface area (Å²) in [6, 6.07) is 2.82. The van der Waals surface area contributed by atoms with Gasteiger partial charge in [0.05, 0.1) is 6.10 Å². The maximum Gasteiger partial charge on any atom is 0.425 e. The molecule has 0 saturated heterocycles. The van der Waals surface area contributed by atoms with Crippen molar-refractivity contribution in [1.82, 2.24) is 4.98 Å². The lowest BCUT2D eigenvalue weighted by molar-refractivity contribution is -0.134. The minimum absolute atomic E-state index is 0.0241. The second-order valence-electron chi connectivity index (χ2n) is 14.7. The second kappa shape index (κ2) is 10.0. The van der Waals surface area contributed by atoms with Gasteiger partial charge in [-0.15, -0.1) is 11.3 Å².